The molecule has 1 aromatic carbocycles. The van der Waals surface area contributed by atoms with E-state index in [9.17, 15) is 4.79 Å². The fraction of sp³-hybridized carbons (Fsp3) is 0.417. The van der Waals surface area contributed by atoms with Gasteiger partial charge in [0.25, 0.3) is 0 Å². The summed E-state index contributed by atoms with van der Waals surface area (Å²) in [5, 5.41) is 10.3. The fourth-order valence-corrected chi connectivity index (χ4v) is 2.55. The quantitative estimate of drug-likeness (QED) is 0.921. The van der Waals surface area contributed by atoms with Gasteiger partial charge >= 0.3 is 5.97 Å². The predicted molar refractivity (Wildman–Crippen MR) is 67.5 cm³/mol. The number of carbonyl (C=O) groups is 1. The van der Waals surface area contributed by atoms with Gasteiger partial charge in [-0.2, -0.15) is 0 Å². The lowest BCUT2D eigenvalue weighted by atomic mass is 10.2. The maximum atomic E-state index is 11.1. The molecule has 0 radical (unpaired) electrons. The Morgan fingerprint density at radius 2 is 2.24 bits per heavy atom. The molecule has 1 heterocycles. The molecule has 3 nitrogen and oxygen atoms in total. The number of benzene rings is 1. The lowest BCUT2D eigenvalue weighted by molar-refractivity contribution is -0.142. The van der Waals surface area contributed by atoms with E-state index in [0.29, 0.717) is 23.0 Å². The summed E-state index contributed by atoms with van der Waals surface area (Å²) in [6.07, 6.45) is 1.61. The first-order chi connectivity index (χ1) is 8.08. The smallest absolute Gasteiger partial charge is 0.320 e. The van der Waals surface area contributed by atoms with Gasteiger partial charge in [-0.3, -0.25) is 9.69 Å². The second-order valence-corrected chi connectivity index (χ2v) is 5.05. The van der Waals surface area contributed by atoms with E-state index < -0.39 is 12.0 Å². The van der Waals surface area contributed by atoms with Gasteiger partial charge in [-0.25, -0.2) is 0 Å². The van der Waals surface area contributed by atoms with Gasteiger partial charge in [0.05, 0.1) is 0 Å². The molecule has 0 bridgehead atoms. The Labute approximate surface area is 110 Å². The minimum absolute atomic E-state index is 0.398. The zero-order valence-electron chi connectivity index (χ0n) is 9.20. The van der Waals surface area contributed by atoms with E-state index in [1.165, 1.54) is 0 Å². The van der Waals surface area contributed by atoms with Gasteiger partial charge < -0.3 is 5.11 Å². The van der Waals surface area contributed by atoms with Crippen molar-refractivity contribution in [3.63, 3.8) is 0 Å². The van der Waals surface area contributed by atoms with Crippen LogP contribution in [-0.2, 0) is 11.3 Å². The number of nitrogens with zero attached hydrogens (tertiary/aromatic N) is 1. The molecular formula is C12H13Cl2NO2. The second kappa shape index (κ2) is 5.25. The van der Waals surface area contributed by atoms with Gasteiger partial charge in [0.15, 0.2) is 0 Å². The van der Waals surface area contributed by atoms with Crippen LogP contribution in [0.2, 0.25) is 10.0 Å². The van der Waals surface area contributed by atoms with Gasteiger partial charge in [-0.05, 0) is 43.1 Å². The van der Waals surface area contributed by atoms with Crippen LogP contribution in [0.1, 0.15) is 18.4 Å². The molecule has 17 heavy (non-hydrogen) atoms. The fourth-order valence-electron chi connectivity index (χ4n) is 2.18. The lowest BCUT2D eigenvalue weighted by Gasteiger charge is -2.21. The number of aliphatic carboxylic acids is 1. The molecule has 0 spiro atoms. The van der Waals surface area contributed by atoms with Crippen LogP contribution < -0.4 is 0 Å². The van der Waals surface area contributed by atoms with Crippen LogP contribution in [0.4, 0.5) is 0 Å². The highest BCUT2D eigenvalue weighted by Gasteiger charge is 2.30. The molecule has 1 aliphatic rings. The van der Waals surface area contributed by atoms with E-state index in [1.54, 1.807) is 18.2 Å². The van der Waals surface area contributed by atoms with Crippen LogP contribution in [0.25, 0.3) is 0 Å². The summed E-state index contributed by atoms with van der Waals surface area (Å²) in [6, 6.07) is 4.86. The van der Waals surface area contributed by atoms with Gasteiger partial charge in [0.2, 0.25) is 0 Å². The highest BCUT2D eigenvalue weighted by atomic mass is 35.5. The maximum Gasteiger partial charge on any atom is 0.320 e. The molecular weight excluding hydrogens is 261 g/mol. The minimum Gasteiger partial charge on any atom is -0.480 e. The summed E-state index contributed by atoms with van der Waals surface area (Å²) >= 11 is 12.0. The molecule has 0 aromatic heterocycles. The van der Waals surface area contributed by atoms with Crippen LogP contribution in [0, 0.1) is 0 Å². The van der Waals surface area contributed by atoms with E-state index in [-0.39, 0.29) is 0 Å². The van der Waals surface area contributed by atoms with Crippen LogP contribution in [0.15, 0.2) is 18.2 Å². The van der Waals surface area contributed by atoms with Gasteiger partial charge in [0, 0.05) is 16.6 Å². The topological polar surface area (TPSA) is 40.5 Å². The summed E-state index contributed by atoms with van der Waals surface area (Å²) in [7, 11) is 0. The normalized spacial score (nSPS) is 20.7. The van der Waals surface area contributed by atoms with Crippen molar-refractivity contribution in [1.82, 2.24) is 4.90 Å². The molecule has 0 unspecified atom stereocenters. The number of rotatable bonds is 3. The first-order valence-corrected chi connectivity index (χ1v) is 6.24. The van der Waals surface area contributed by atoms with Crippen LogP contribution in [-0.4, -0.2) is 28.6 Å². The summed E-state index contributed by atoms with van der Waals surface area (Å²) in [6.45, 7) is 1.33. The summed E-state index contributed by atoms with van der Waals surface area (Å²) in [5.74, 6) is -0.763. The molecule has 0 aliphatic carbocycles. The minimum atomic E-state index is -0.763. The van der Waals surface area contributed by atoms with E-state index in [4.69, 9.17) is 28.3 Å². The summed E-state index contributed by atoms with van der Waals surface area (Å²) < 4.78 is 0. The van der Waals surface area contributed by atoms with Crippen molar-refractivity contribution in [3.05, 3.63) is 33.8 Å². The van der Waals surface area contributed by atoms with Gasteiger partial charge in [0.1, 0.15) is 6.04 Å². The zero-order valence-corrected chi connectivity index (χ0v) is 10.7. The molecule has 1 aliphatic heterocycles. The van der Waals surface area contributed by atoms with E-state index >= 15 is 0 Å². The van der Waals surface area contributed by atoms with Crippen LogP contribution in [0.5, 0.6) is 0 Å². The Morgan fingerprint density at radius 1 is 1.47 bits per heavy atom. The number of hydrogen-bond acceptors (Lipinski definition) is 2. The number of carboxylic acids is 1. The highest BCUT2D eigenvalue weighted by molar-refractivity contribution is 6.33. The van der Waals surface area contributed by atoms with Gasteiger partial charge in [-0.1, -0.05) is 23.2 Å². The predicted octanol–water partition coefficient (Wildman–Crippen LogP) is 3.04. The summed E-state index contributed by atoms with van der Waals surface area (Å²) in [4.78, 5) is 13.0. The van der Waals surface area contributed by atoms with E-state index in [2.05, 4.69) is 0 Å². The lowest BCUT2D eigenvalue weighted by Crippen LogP contribution is -2.35. The van der Waals surface area contributed by atoms with Crippen molar-refractivity contribution >= 4 is 29.2 Å². The maximum absolute atomic E-state index is 11.1. The van der Waals surface area contributed by atoms with E-state index in [0.717, 1.165) is 18.5 Å². The molecule has 1 saturated heterocycles. The summed E-state index contributed by atoms with van der Waals surface area (Å²) in [5.41, 5.74) is 0.882. The Hall–Kier alpha value is -0.770. The standard InChI is InChI=1S/C12H13Cl2NO2/c13-9-3-4-10(14)8(6-9)7-15-5-1-2-11(15)12(16)17/h3-4,6,11H,1-2,5,7H2,(H,16,17)/t11-/m0/s1. The largest absolute Gasteiger partial charge is 0.480 e. The average Bonchev–Trinajstić information content (AvgIpc) is 2.71. The third-order valence-corrected chi connectivity index (χ3v) is 3.63. The molecule has 1 fully saturated rings. The van der Waals surface area contributed by atoms with Crippen molar-refractivity contribution in [2.45, 2.75) is 25.4 Å². The van der Waals surface area contributed by atoms with E-state index in [1.807, 2.05) is 4.90 Å². The molecule has 5 heteroatoms. The third kappa shape index (κ3) is 2.92. The molecule has 0 amide bonds. The van der Waals surface area contributed by atoms with Crippen LogP contribution in [0.3, 0.4) is 0 Å². The molecule has 1 aromatic rings. The zero-order chi connectivity index (χ0) is 12.4. The van der Waals surface area contributed by atoms with Crippen molar-refractivity contribution in [1.29, 1.82) is 0 Å². The van der Waals surface area contributed by atoms with Crippen molar-refractivity contribution in [2.75, 3.05) is 6.54 Å². The number of halogens is 2. The van der Waals surface area contributed by atoms with Crippen LogP contribution >= 0.6 is 23.2 Å². The number of likely N-dealkylation sites (tertiary alicyclic amines) is 1. The first-order valence-electron chi connectivity index (χ1n) is 5.48. The number of hydrogen-bond donors (Lipinski definition) is 1. The Balaban J connectivity index is 2.15. The second-order valence-electron chi connectivity index (χ2n) is 4.20. The Morgan fingerprint density at radius 3 is 2.94 bits per heavy atom. The molecule has 1 atom stereocenters. The van der Waals surface area contributed by atoms with Crippen molar-refractivity contribution in [2.24, 2.45) is 0 Å². The molecule has 0 saturated carbocycles. The molecule has 92 valence electrons. The van der Waals surface area contributed by atoms with Gasteiger partial charge in [-0.15, -0.1) is 0 Å². The monoisotopic (exact) mass is 273 g/mol. The van der Waals surface area contributed by atoms with Crippen molar-refractivity contribution < 1.29 is 9.90 Å². The van der Waals surface area contributed by atoms with Crippen molar-refractivity contribution in [3.8, 4) is 0 Å². The highest BCUT2D eigenvalue weighted by Crippen LogP contribution is 2.26. The number of carboxylic acid groups (broad SMARTS) is 1. The Bertz CT molecular complexity index is 437. The third-order valence-electron chi connectivity index (χ3n) is 3.03. The Kier molecular flexibility index (Phi) is 3.92. The SMILES string of the molecule is O=C(O)[C@@H]1CCCN1Cc1cc(Cl)ccc1Cl. The molecule has 2 rings (SSSR count). The first kappa shape index (κ1) is 12.7. The molecule has 1 N–H and O–H groups in total. The average molecular weight is 274 g/mol.